The van der Waals surface area contributed by atoms with E-state index in [1.54, 1.807) is 23.1 Å². The molecular formula is C21H29N7O3. The number of fused-ring (bicyclic) bond motifs is 1. The van der Waals surface area contributed by atoms with Gasteiger partial charge in [-0.3, -0.25) is 19.2 Å². The molecule has 2 aromatic heterocycles. The molecule has 2 aromatic rings. The Morgan fingerprint density at radius 2 is 1.94 bits per heavy atom. The molecular weight excluding hydrogens is 398 g/mol. The molecule has 4 rings (SSSR count). The van der Waals surface area contributed by atoms with E-state index in [0.717, 1.165) is 12.2 Å². The fraction of sp³-hybridized carbons (Fsp3) is 0.571. The van der Waals surface area contributed by atoms with Crippen LogP contribution >= 0.6 is 0 Å². The van der Waals surface area contributed by atoms with Crippen LogP contribution in [0.4, 0.5) is 5.95 Å². The van der Waals surface area contributed by atoms with E-state index in [2.05, 4.69) is 20.0 Å². The summed E-state index contributed by atoms with van der Waals surface area (Å²) in [4.78, 5) is 40.5. The van der Waals surface area contributed by atoms with Crippen LogP contribution < -0.4 is 4.90 Å². The van der Waals surface area contributed by atoms with Gasteiger partial charge in [-0.15, -0.1) is 0 Å². The van der Waals surface area contributed by atoms with E-state index < -0.39 is 0 Å². The summed E-state index contributed by atoms with van der Waals surface area (Å²) >= 11 is 0. The highest BCUT2D eigenvalue weighted by Crippen LogP contribution is 2.22. The molecule has 0 bridgehead atoms. The summed E-state index contributed by atoms with van der Waals surface area (Å²) in [7, 11) is 1.85. The number of piperazine rings is 1. The Morgan fingerprint density at radius 3 is 2.65 bits per heavy atom. The lowest BCUT2D eigenvalue weighted by molar-refractivity contribution is -0.148. The number of rotatable bonds is 5. The van der Waals surface area contributed by atoms with Crippen LogP contribution in [0, 0.1) is 5.92 Å². The third-order valence-corrected chi connectivity index (χ3v) is 5.84. The van der Waals surface area contributed by atoms with E-state index in [1.807, 2.05) is 36.0 Å². The molecule has 0 N–H and O–H groups in total. The minimum absolute atomic E-state index is 0.0760. The van der Waals surface area contributed by atoms with Gasteiger partial charge in [-0.05, 0) is 19.1 Å². The lowest BCUT2D eigenvalue weighted by Gasteiger charge is -2.41. The Morgan fingerprint density at radius 1 is 1.13 bits per heavy atom. The average Bonchev–Trinajstić information content (AvgIpc) is 3.07. The molecule has 1 amide bonds. The molecule has 2 atom stereocenters. The third kappa shape index (κ3) is 5.01. The van der Waals surface area contributed by atoms with Crippen LogP contribution in [-0.2, 0) is 27.8 Å². The molecule has 0 spiro atoms. The topological polar surface area (TPSA) is 96.7 Å². The first kappa shape index (κ1) is 21.2. The molecule has 2 saturated heterocycles. The van der Waals surface area contributed by atoms with Crippen LogP contribution in [0.3, 0.4) is 0 Å². The number of hydrogen-bond donors (Lipinski definition) is 0. The lowest BCUT2D eigenvalue weighted by atomic mass is 10.1. The van der Waals surface area contributed by atoms with Crippen LogP contribution in [0.2, 0.25) is 0 Å². The standard InChI is InChI=1S/C21H29N7O3/c1-3-31-20(30)16-12-26-9-10-27(19(29)11-17-5-8-25(2)24-17)14-18(26)15-28(13-16)21-22-6-4-7-23-21/h4-8,16,18H,3,9-15H2,1-2H3. The molecule has 0 aliphatic carbocycles. The van der Waals surface area contributed by atoms with Gasteiger partial charge in [-0.2, -0.15) is 5.10 Å². The van der Waals surface area contributed by atoms with Crippen molar-refractivity contribution in [2.45, 2.75) is 19.4 Å². The highest BCUT2D eigenvalue weighted by atomic mass is 16.5. The summed E-state index contributed by atoms with van der Waals surface area (Å²) in [5.41, 5.74) is 0.775. The second-order valence-electron chi connectivity index (χ2n) is 8.05. The molecule has 0 radical (unpaired) electrons. The molecule has 2 aliphatic heterocycles. The monoisotopic (exact) mass is 427 g/mol. The second-order valence-corrected chi connectivity index (χ2v) is 8.05. The zero-order valence-electron chi connectivity index (χ0n) is 18.1. The zero-order chi connectivity index (χ0) is 21.8. The quantitative estimate of drug-likeness (QED) is 0.614. The average molecular weight is 428 g/mol. The molecule has 4 heterocycles. The van der Waals surface area contributed by atoms with E-state index in [9.17, 15) is 9.59 Å². The first-order valence-corrected chi connectivity index (χ1v) is 10.7. The highest BCUT2D eigenvalue weighted by Gasteiger charge is 2.38. The van der Waals surface area contributed by atoms with Crippen LogP contribution in [0.1, 0.15) is 12.6 Å². The Labute approximate surface area is 181 Å². The summed E-state index contributed by atoms with van der Waals surface area (Å²) in [6, 6.07) is 3.73. The largest absolute Gasteiger partial charge is 0.466 e. The SMILES string of the molecule is CCOC(=O)C1CN(c2ncccn2)CC2CN(C(=O)Cc3ccn(C)n3)CCN2C1. The number of amides is 1. The zero-order valence-corrected chi connectivity index (χ0v) is 18.1. The van der Waals surface area contributed by atoms with E-state index in [1.165, 1.54) is 0 Å². The smallest absolute Gasteiger partial charge is 0.312 e. The van der Waals surface area contributed by atoms with Crippen molar-refractivity contribution in [3.8, 4) is 0 Å². The van der Waals surface area contributed by atoms with Crippen molar-refractivity contribution in [2.75, 3.05) is 50.8 Å². The van der Waals surface area contributed by atoms with E-state index >= 15 is 0 Å². The summed E-state index contributed by atoms with van der Waals surface area (Å²) in [5, 5.41) is 4.32. The van der Waals surface area contributed by atoms with Gasteiger partial charge in [0.1, 0.15) is 0 Å². The predicted octanol–water partition coefficient (Wildman–Crippen LogP) is -0.0351. The van der Waals surface area contributed by atoms with E-state index in [-0.39, 0.29) is 23.8 Å². The Hall–Kier alpha value is -3.01. The molecule has 166 valence electrons. The molecule has 2 aliphatic rings. The van der Waals surface area contributed by atoms with Gasteiger partial charge in [0.05, 0.1) is 24.6 Å². The van der Waals surface area contributed by atoms with Gasteiger partial charge in [-0.25, -0.2) is 9.97 Å². The van der Waals surface area contributed by atoms with Gasteiger partial charge >= 0.3 is 5.97 Å². The first-order valence-electron chi connectivity index (χ1n) is 10.7. The molecule has 2 fully saturated rings. The van der Waals surface area contributed by atoms with Crippen LogP contribution in [0.15, 0.2) is 30.7 Å². The van der Waals surface area contributed by atoms with Crippen molar-refractivity contribution >= 4 is 17.8 Å². The summed E-state index contributed by atoms with van der Waals surface area (Å²) in [6.07, 6.45) is 5.55. The fourth-order valence-corrected chi connectivity index (χ4v) is 4.32. The number of aromatic nitrogens is 4. The molecule has 2 unspecified atom stereocenters. The number of esters is 1. The number of nitrogens with zero attached hydrogens (tertiary/aromatic N) is 7. The number of carbonyl (C=O) groups excluding carboxylic acids is 2. The van der Waals surface area contributed by atoms with E-state index in [4.69, 9.17) is 4.74 Å². The summed E-state index contributed by atoms with van der Waals surface area (Å²) < 4.78 is 7.03. The molecule has 0 saturated carbocycles. The van der Waals surface area contributed by atoms with Gasteiger partial charge in [0.25, 0.3) is 0 Å². The number of aryl methyl sites for hydroxylation is 1. The molecule has 10 heteroatoms. The number of hydrogen-bond acceptors (Lipinski definition) is 8. The summed E-state index contributed by atoms with van der Waals surface area (Å²) in [5.74, 6) is 0.185. The Bertz CT molecular complexity index is 903. The maximum Gasteiger partial charge on any atom is 0.312 e. The Kier molecular flexibility index (Phi) is 6.45. The number of anilines is 1. The maximum absolute atomic E-state index is 12.9. The van der Waals surface area contributed by atoms with Crippen LogP contribution in [0.25, 0.3) is 0 Å². The van der Waals surface area contributed by atoms with Gasteiger partial charge in [0.2, 0.25) is 11.9 Å². The van der Waals surface area contributed by atoms with Crippen LogP contribution in [-0.4, -0.2) is 93.3 Å². The second kappa shape index (κ2) is 9.42. The van der Waals surface area contributed by atoms with Crippen molar-refractivity contribution in [3.63, 3.8) is 0 Å². The Balaban J connectivity index is 1.49. The normalized spacial score (nSPS) is 22.0. The molecule has 0 aromatic carbocycles. The van der Waals surface area contributed by atoms with Gasteiger partial charge in [0, 0.05) is 70.9 Å². The van der Waals surface area contributed by atoms with Crippen molar-refractivity contribution in [1.82, 2.24) is 29.5 Å². The van der Waals surface area contributed by atoms with Gasteiger partial charge < -0.3 is 14.5 Å². The highest BCUT2D eigenvalue weighted by molar-refractivity contribution is 5.78. The fourth-order valence-electron chi connectivity index (χ4n) is 4.32. The minimum Gasteiger partial charge on any atom is -0.466 e. The third-order valence-electron chi connectivity index (χ3n) is 5.84. The van der Waals surface area contributed by atoms with Crippen molar-refractivity contribution in [1.29, 1.82) is 0 Å². The van der Waals surface area contributed by atoms with Crippen molar-refractivity contribution in [2.24, 2.45) is 13.0 Å². The summed E-state index contributed by atoms with van der Waals surface area (Å²) in [6.45, 7) is 5.89. The van der Waals surface area contributed by atoms with E-state index in [0.29, 0.717) is 51.7 Å². The lowest BCUT2D eigenvalue weighted by Crippen LogP contribution is -2.57. The van der Waals surface area contributed by atoms with Crippen molar-refractivity contribution < 1.29 is 14.3 Å². The molecule has 10 nitrogen and oxygen atoms in total. The van der Waals surface area contributed by atoms with Gasteiger partial charge in [-0.1, -0.05) is 0 Å². The van der Waals surface area contributed by atoms with Crippen LogP contribution in [0.5, 0.6) is 0 Å². The maximum atomic E-state index is 12.9. The minimum atomic E-state index is -0.287. The first-order chi connectivity index (χ1) is 15.0. The van der Waals surface area contributed by atoms with Gasteiger partial charge in [0.15, 0.2) is 0 Å². The number of carbonyl (C=O) groups is 2. The van der Waals surface area contributed by atoms with Crippen molar-refractivity contribution in [3.05, 3.63) is 36.4 Å². The number of ether oxygens (including phenoxy) is 1. The molecule has 31 heavy (non-hydrogen) atoms. The predicted molar refractivity (Wildman–Crippen MR) is 113 cm³/mol.